The zero-order valence-corrected chi connectivity index (χ0v) is 16.0. The van der Waals surface area contributed by atoms with Gasteiger partial charge in [0.25, 0.3) is 26.1 Å². The highest BCUT2D eigenvalue weighted by Crippen LogP contribution is 2.19. The lowest BCUT2D eigenvalue weighted by molar-refractivity contribution is 0.102. The quantitative estimate of drug-likeness (QED) is 0.710. The molecule has 0 radical (unpaired) electrons. The second kappa shape index (κ2) is 7.87. The third-order valence-electron chi connectivity index (χ3n) is 3.37. The molecule has 28 heavy (non-hydrogen) atoms. The lowest BCUT2D eigenvalue weighted by Gasteiger charge is -2.13. The molecule has 0 unspecified atom stereocenters. The zero-order valence-electron chi connectivity index (χ0n) is 14.4. The third kappa shape index (κ3) is 4.86. The molecule has 0 aliphatic rings. The number of halogens is 3. The molecule has 0 aliphatic carbocycles. The Hall–Kier alpha value is -2.48. The molecular weight excluding hydrogens is 423 g/mol. The molecular formula is C15H14F3N3O5S2. The van der Waals surface area contributed by atoms with E-state index in [9.17, 15) is 34.8 Å². The normalized spacial score (nSPS) is 12.2. The van der Waals surface area contributed by atoms with Gasteiger partial charge in [0, 0.05) is 25.8 Å². The number of rotatable bonds is 6. The second-order valence-corrected chi connectivity index (χ2v) is 9.42. The summed E-state index contributed by atoms with van der Waals surface area (Å²) in [6.45, 7) is 0. The SMILES string of the molecule is CN(C)S(=O)(=O)NS(=O)(=O)c1ccc(F)c(C(=O)Nc2ccc(F)c(F)c2)c1. The van der Waals surface area contributed by atoms with Crippen molar-refractivity contribution in [2.75, 3.05) is 19.4 Å². The van der Waals surface area contributed by atoms with Gasteiger partial charge < -0.3 is 5.32 Å². The number of carbonyl (C=O) groups is 1. The average molecular weight is 437 g/mol. The summed E-state index contributed by atoms with van der Waals surface area (Å²) >= 11 is 0. The Morgan fingerprint density at radius 3 is 2.07 bits per heavy atom. The van der Waals surface area contributed by atoms with E-state index >= 15 is 0 Å². The van der Waals surface area contributed by atoms with E-state index in [1.54, 1.807) is 0 Å². The molecule has 2 aromatic carbocycles. The fourth-order valence-electron chi connectivity index (χ4n) is 1.88. The summed E-state index contributed by atoms with van der Waals surface area (Å²) in [5, 5.41) is 2.08. The fraction of sp³-hybridized carbons (Fsp3) is 0.133. The number of benzene rings is 2. The number of hydrogen-bond acceptors (Lipinski definition) is 5. The molecule has 0 bridgehead atoms. The monoisotopic (exact) mass is 437 g/mol. The maximum atomic E-state index is 14.0. The lowest BCUT2D eigenvalue weighted by atomic mass is 10.2. The first-order valence-corrected chi connectivity index (χ1v) is 10.3. The van der Waals surface area contributed by atoms with Crippen LogP contribution in [0.25, 0.3) is 0 Å². The van der Waals surface area contributed by atoms with Crippen molar-refractivity contribution in [1.29, 1.82) is 0 Å². The van der Waals surface area contributed by atoms with Crippen molar-refractivity contribution in [3.8, 4) is 0 Å². The minimum Gasteiger partial charge on any atom is -0.322 e. The largest absolute Gasteiger partial charge is 0.322 e. The summed E-state index contributed by atoms with van der Waals surface area (Å²) in [6.07, 6.45) is 0. The number of carbonyl (C=O) groups excluding carboxylic acids is 1. The molecule has 0 saturated heterocycles. The summed E-state index contributed by atoms with van der Waals surface area (Å²) in [5.74, 6) is -4.69. The number of nitrogens with zero attached hydrogens (tertiary/aromatic N) is 1. The van der Waals surface area contributed by atoms with Crippen LogP contribution in [-0.4, -0.2) is 41.1 Å². The van der Waals surface area contributed by atoms with Crippen LogP contribution in [0, 0.1) is 17.5 Å². The van der Waals surface area contributed by atoms with E-state index < -0.39 is 54.1 Å². The van der Waals surface area contributed by atoms with E-state index in [2.05, 4.69) is 5.32 Å². The summed E-state index contributed by atoms with van der Waals surface area (Å²) < 4.78 is 90.0. The van der Waals surface area contributed by atoms with Crippen molar-refractivity contribution >= 4 is 31.8 Å². The van der Waals surface area contributed by atoms with Crippen LogP contribution in [0.3, 0.4) is 0 Å². The summed E-state index contributed by atoms with van der Waals surface area (Å²) in [4.78, 5) is 11.5. The van der Waals surface area contributed by atoms with E-state index in [4.69, 9.17) is 0 Å². The van der Waals surface area contributed by atoms with Crippen LogP contribution >= 0.6 is 0 Å². The van der Waals surface area contributed by atoms with Gasteiger partial charge in [0.2, 0.25) is 0 Å². The highest BCUT2D eigenvalue weighted by molar-refractivity contribution is 8.03. The highest BCUT2D eigenvalue weighted by atomic mass is 32.3. The van der Waals surface area contributed by atoms with Gasteiger partial charge >= 0.3 is 0 Å². The first-order valence-electron chi connectivity index (χ1n) is 7.35. The van der Waals surface area contributed by atoms with E-state index in [-0.39, 0.29) is 5.69 Å². The molecule has 0 heterocycles. The Kier molecular flexibility index (Phi) is 6.13. The number of anilines is 1. The summed E-state index contributed by atoms with van der Waals surface area (Å²) in [6, 6.07) is 4.42. The highest BCUT2D eigenvalue weighted by Gasteiger charge is 2.26. The first kappa shape index (κ1) is 21.8. The number of nitrogens with one attached hydrogen (secondary N) is 2. The van der Waals surface area contributed by atoms with Gasteiger partial charge in [0.05, 0.1) is 10.5 Å². The Balaban J connectivity index is 2.36. The van der Waals surface area contributed by atoms with Crippen molar-refractivity contribution in [2.24, 2.45) is 0 Å². The number of sulfonamides is 1. The predicted octanol–water partition coefficient (Wildman–Crippen LogP) is 1.44. The lowest BCUT2D eigenvalue weighted by Crippen LogP contribution is -2.39. The van der Waals surface area contributed by atoms with E-state index in [0.29, 0.717) is 22.5 Å². The van der Waals surface area contributed by atoms with Gasteiger partial charge in [-0.25, -0.2) is 21.6 Å². The molecule has 0 aromatic heterocycles. The average Bonchev–Trinajstić information content (AvgIpc) is 2.57. The van der Waals surface area contributed by atoms with Crippen LogP contribution in [-0.2, 0) is 20.2 Å². The molecule has 2 rings (SSSR count). The Morgan fingerprint density at radius 2 is 1.50 bits per heavy atom. The van der Waals surface area contributed by atoms with Crippen molar-refractivity contribution in [2.45, 2.75) is 4.90 Å². The third-order valence-corrected chi connectivity index (χ3v) is 6.92. The van der Waals surface area contributed by atoms with Gasteiger partial charge in [-0.1, -0.05) is 4.13 Å². The van der Waals surface area contributed by atoms with Gasteiger partial charge in [0.1, 0.15) is 5.82 Å². The standard InChI is InChI=1S/C15H14F3N3O5S2/c1-21(2)28(25,26)20-27(23,24)10-4-6-12(16)11(8-10)15(22)19-9-3-5-13(17)14(18)7-9/h3-8,20H,1-2H3,(H,19,22). The molecule has 1 amide bonds. The Morgan fingerprint density at radius 1 is 0.893 bits per heavy atom. The molecule has 0 atom stereocenters. The molecule has 2 aromatic rings. The molecule has 8 nitrogen and oxygen atoms in total. The smallest absolute Gasteiger partial charge is 0.292 e. The van der Waals surface area contributed by atoms with Crippen LogP contribution in [0.15, 0.2) is 41.3 Å². The fourth-order valence-corrected chi connectivity index (χ4v) is 4.49. The summed E-state index contributed by atoms with van der Waals surface area (Å²) in [7, 11) is -6.86. The van der Waals surface area contributed by atoms with E-state index in [1.807, 2.05) is 0 Å². The number of hydrogen-bond donors (Lipinski definition) is 2. The number of amides is 1. The van der Waals surface area contributed by atoms with Crippen molar-refractivity contribution < 1.29 is 34.8 Å². The minimum absolute atomic E-state index is 0.204. The van der Waals surface area contributed by atoms with Gasteiger partial charge in [0.15, 0.2) is 11.6 Å². The van der Waals surface area contributed by atoms with Crippen LogP contribution < -0.4 is 9.44 Å². The molecule has 0 spiro atoms. The molecule has 13 heteroatoms. The van der Waals surface area contributed by atoms with Crippen molar-refractivity contribution in [1.82, 2.24) is 8.43 Å². The maximum absolute atomic E-state index is 14.0. The van der Waals surface area contributed by atoms with Crippen molar-refractivity contribution in [3.05, 3.63) is 59.4 Å². The summed E-state index contributed by atoms with van der Waals surface area (Å²) in [5.41, 5.74) is -0.959. The predicted molar refractivity (Wildman–Crippen MR) is 93.6 cm³/mol. The van der Waals surface area contributed by atoms with Crippen LogP contribution in [0.2, 0.25) is 0 Å². The second-order valence-electron chi connectivity index (χ2n) is 5.60. The topological polar surface area (TPSA) is 113 Å². The van der Waals surface area contributed by atoms with Crippen LogP contribution in [0.4, 0.5) is 18.9 Å². The first-order chi connectivity index (χ1) is 12.8. The molecule has 2 N–H and O–H groups in total. The van der Waals surface area contributed by atoms with Crippen LogP contribution in [0.5, 0.6) is 0 Å². The molecule has 0 saturated carbocycles. The van der Waals surface area contributed by atoms with Crippen molar-refractivity contribution in [3.63, 3.8) is 0 Å². The Labute approximate surface area is 159 Å². The van der Waals surface area contributed by atoms with Gasteiger partial charge in [-0.2, -0.15) is 12.7 Å². The van der Waals surface area contributed by atoms with E-state index in [0.717, 1.165) is 32.3 Å². The Bertz CT molecular complexity index is 1140. The molecule has 152 valence electrons. The van der Waals surface area contributed by atoms with Gasteiger partial charge in [-0.05, 0) is 30.3 Å². The minimum atomic E-state index is -4.66. The molecule has 0 fully saturated rings. The maximum Gasteiger partial charge on any atom is 0.292 e. The van der Waals surface area contributed by atoms with Gasteiger partial charge in [-0.3, -0.25) is 4.79 Å². The van der Waals surface area contributed by atoms with Gasteiger partial charge in [-0.15, -0.1) is 0 Å². The van der Waals surface area contributed by atoms with E-state index in [1.165, 1.54) is 4.13 Å². The molecule has 0 aliphatic heterocycles. The van der Waals surface area contributed by atoms with Crippen LogP contribution in [0.1, 0.15) is 10.4 Å². The zero-order chi connectivity index (χ0) is 21.3.